The highest BCUT2D eigenvalue weighted by molar-refractivity contribution is 5.95. The third-order valence-corrected chi connectivity index (χ3v) is 4.88. The van der Waals surface area contributed by atoms with E-state index >= 15 is 0 Å². The molecule has 1 aliphatic carbocycles. The third-order valence-electron chi connectivity index (χ3n) is 4.88. The van der Waals surface area contributed by atoms with Gasteiger partial charge in [0.2, 0.25) is 0 Å². The van der Waals surface area contributed by atoms with Crippen molar-refractivity contribution in [2.45, 2.75) is 44.9 Å². The zero-order chi connectivity index (χ0) is 20.6. The van der Waals surface area contributed by atoms with Gasteiger partial charge in [-0.25, -0.2) is 4.68 Å². The lowest BCUT2D eigenvalue weighted by molar-refractivity contribution is -0.137. The topological polar surface area (TPSA) is 77.6 Å². The smallest absolute Gasteiger partial charge is 0.345 e. The average Bonchev–Trinajstić information content (AvgIpc) is 3.27. The molecule has 0 unspecified atom stereocenters. The van der Waals surface area contributed by atoms with Crippen LogP contribution in [-0.2, 0) is 19.3 Å². The van der Waals surface area contributed by atoms with Gasteiger partial charge in [-0.1, -0.05) is 6.07 Å². The second kappa shape index (κ2) is 7.34. The predicted molar refractivity (Wildman–Crippen MR) is 97.4 cm³/mol. The molecule has 152 valence electrons. The minimum atomic E-state index is -4.45. The fraction of sp³-hybridized carbons (Fsp3) is 0.368. The van der Waals surface area contributed by atoms with Crippen molar-refractivity contribution in [3.8, 4) is 5.69 Å². The largest absolute Gasteiger partial charge is 0.416 e. The molecular weight excluding hydrogens is 385 g/mol. The van der Waals surface area contributed by atoms with E-state index in [-0.39, 0.29) is 24.1 Å². The summed E-state index contributed by atoms with van der Waals surface area (Å²) < 4.78 is 42.5. The van der Waals surface area contributed by atoms with Crippen LogP contribution in [0.1, 0.15) is 53.1 Å². The highest BCUT2D eigenvalue weighted by Crippen LogP contribution is 2.42. The molecule has 1 saturated carbocycles. The summed E-state index contributed by atoms with van der Waals surface area (Å²) in [4.78, 5) is 12.8. The first-order valence-electron chi connectivity index (χ1n) is 9.29. The number of nitrogens with one attached hydrogen (secondary N) is 1. The molecule has 0 spiro atoms. The number of aromatic nitrogens is 5. The number of rotatable bonds is 6. The lowest BCUT2D eigenvalue weighted by Crippen LogP contribution is -2.25. The molecule has 2 aromatic heterocycles. The molecule has 0 aliphatic heterocycles. The van der Waals surface area contributed by atoms with Gasteiger partial charge in [-0.05, 0) is 38.0 Å². The van der Waals surface area contributed by atoms with Crippen molar-refractivity contribution in [1.82, 2.24) is 29.9 Å². The zero-order valence-corrected chi connectivity index (χ0v) is 15.6. The van der Waals surface area contributed by atoms with Crippen LogP contribution in [0, 0.1) is 0 Å². The van der Waals surface area contributed by atoms with Crippen LogP contribution in [0.3, 0.4) is 0 Å². The van der Waals surface area contributed by atoms with Crippen LogP contribution in [0.2, 0.25) is 0 Å². The number of alkyl halides is 3. The van der Waals surface area contributed by atoms with Gasteiger partial charge in [0, 0.05) is 12.5 Å². The number of amides is 1. The predicted octanol–water partition coefficient (Wildman–Crippen LogP) is 3.31. The molecule has 10 heteroatoms. The molecule has 1 amide bonds. The molecule has 1 aliphatic rings. The normalized spacial score (nSPS) is 14.2. The van der Waals surface area contributed by atoms with Gasteiger partial charge < -0.3 is 9.88 Å². The Morgan fingerprint density at radius 1 is 1.31 bits per heavy atom. The van der Waals surface area contributed by atoms with E-state index in [4.69, 9.17) is 0 Å². The molecule has 7 nitrogen and oxygen atoms in total. The maximum Gasteiger partial charge on any atom is 0.416 e. The van der Waals surface area contributed by atoms with Crippen molar-refractivity contribution in [3.05, 3.63) is 59.4 Å². The summed E-state index contributed by atoms with van der Waals surface area (Å²) in [6, 6.07) is 4.96. The summed E-state index contributed by atoms with van der Waals surface area (Å²) in [6.45, 7) is 2.82. The fourth-order valence-corrected chi connectivity index (χ4v) is 3.24. The Bertz CT molecular complexity index is 1030. The van der Waals surface area contributed by atoms with Crippen LogP contribution in [0.25, 0.3) is 5.69 Å². The third kappa shape index (κ3) is 3.87. The number of aryl methyl sites for hydroxylation is 1. The number of hydrogen-bond acceptors (Lipinski definition) is 4. The summed E-state index contributed by atoms with van der Waals surface area (Å²) >= 11 is 0. The maximum absolute atomic E-state index is 13.1. The van der Waals surface area contributed by atoms with E-state index in [9.17, 15) is 18.0 Å². The van der Waals surface area contributed by atoms with Gasteiger partial charge in [0.15, 0.2) is 5.82 Å². The van der Waals surface area contributed by atoms with Gasteiger partial charge in [-0.3, -0.25) is 4.79 Å². The Kier molecular flexibility index (Phi) is 4.85. The molecule has 0 radical (unpaired) electrons. The summed E-state index contributed by atoms with van der Waals surface area (Å²) in [5.74, 6) is 0.391. The minimum absolute atomic E-state index is 0.104. The first-order chi connectivity index (χ1) is 13.9. The molecule has 1 aromatic carbocycles. The molecule has 0 atom stereocenters. The van der Waals surface area contributed by atoms with Crippen molar-refractivity contribution in [2.24, 2.45) is 0 Å². The molecule has 0 saturated heterocycles. The Morgan fingerprint density at radius 3 is 2.79 bits per heavy atom. The molecule has 1 N–H and O–H groups in total. The first kappa shape index (κ1) is 19.2. The highest BCUT2D eigenvalue weighted by Gasteiger charge is 2.34. The van der Waals surface area contributed by atoms with Crippen molar-refractivity contribution >= 4 is 5.91 Å². The molecule has 2 heterocycles. The number of halogens is 3. The van der Waals surface area contributed by atoms with Gasteiger partial charge in [0.25, 0.3) is 5.91 Å². The Balaban J connectivity index is 1.61. The Labute approximate surface area is 164 Å². The van der Waals surface area contributed by atoms with Crippen molar-refractivity contribution < 1.29 is 18.0 Å². The summed E-state index contributed by atoms with van der Waals surface area (Å²) in [6.07, 6.45) is 0.291. The van der Waals surface area contributed by atoms with E-state index in [2.05, 4.69) is 20.6 Å². The number of carbonyl (C=O) groups is 1. The maximum atomic E-state index is 13.1. The molecular formula is C19H19F3N6O. The first-order valence-corrected chi connectivity index (χ1v) is 9.29. The Morgan fingerprint density at radius 2 is 2.10 bits per heavy atom. The van der Waals surface area contributed by atoms with E-state index in [1.807, 2.05) is 11.5 Å². The quantitative estimate of drug-likeness (QED) is 0.684. The number of benzene rings is 1. The number of carbonyl (C=O) groups excluding carboxylic acids is 1. The Hall–Kier alpha value is -3.17. The second-order valence-electron chi connectivity index (χ2n) is 6.89. The van der Waals surface area contributed by atoms with Gasteiger partial charge in [-0.2, -0.15) is 18.3 Å². The number of hydrogen-bond donors (Lipinski definition) is 1. The van der Waals surface area contributed by atoms with Gasteiger partial charge in [-0.15, -0.1) is 10.2 Å². The standard InChI is InChI=1S/C19H19F3N6O/c1-2-27-11-24-26-16(27)10-23-18(29)15-9-25-28(17(15)12-6-7-12)14-5-3-4-13(8-14)19(20,21)22/h3-5,8-9,11-12H,2,6-7,10H2,1H3,(H,23,29). The van der Waals surface area contributed by atoms with Crippen molar-refractivity contribution in [2.75, 3.05) is 0 Å². The molecule has 0 bridgehead atoms. The van der Waals surface area contributed by atoms with E-state index < -0.39 is 11.7 Å². The molecule has 3 aromatic rings. The van der Waals surface area contributed by atoms with Gasteiger partial charge in [0.05, 0.1) is 35.2 Å². The minimum Gasteiger partial charge on any atom is -0.345 e. The van der Waals surface area contributed by atoms with Crippen LogP contribution in [-0.4, -0.2) is 30.5 Å². The van der Waals surface area contributed by atoms with Crippen LogP contribution in [0.5, 0.6) is 0 Å². The van der Waals surface area contributed by atoms with E-state index in [0.717, 1.165) is 25.0 Å². The van der Waals surface area contributed by atoms with Gasteiger partial charge in [0.1, 0.15) is 6.33 Å². The second-order valence-corrected chi connectivity index (χ2v) is 6.89. The lowest BCUT2D eigenvalue weighted by Gasteiger charge is -2.12. The van der Waals surface area contributed by atoms with Gasteiger partial charge >= 0.3 is 6.18 Å². The monoisotopic (exact) mass is 404 g/mol. The molecule has 1 fully saturated rings. The lowest BCUT2D eigenvalue weighted by atomic mass is 10.1. The van der Waals surface area contributed by atoms with E-state index in [1.165, 1.54) is 16.9 Å². The van der Waals surface area contributed by atoms with Crippen LogP contribution in [0.4, 0.5) is 13.2 Å². The SMILES string of the molecule is CCn1cnnc1CNC(=O)c1cnn(-c2cccc(C(F)(F)F)c2)c1C1CC1. The summed E-state index contributed by atoms with van der Waals surface area (Å²) in [5.41, 5.74) is 0.537. The summed E-state index contributed by atoms with van der Waals surface area (Å²) in [5, 5.41) is 14.8. The number of nitrogens with zero attached hydrogens (tertiary/aromatic N) is 5. The summed E-state index contributed by atoms with van der Waals surface area (Å²) in [7, 11) is 0. The highest BCUT2D eigenvalue weighted by atomic mass is 19.4. The average molecular weight is 404 g/mol. The van der Waals surface area contributed by atoms with Crippen LogP contribution < -0.4 is 5.32 Å². The van der Waals surface area contributed by atoms with Crippen molar-refractivity contribution in [1.29, 1.82) is 0 Å². The van der Waals surface area contributed by atoms with Crippen LogP contribution >= 0.6 is 0 Å². The van der Waals surface area contributed by atoms with E-state index in [1.54, 1.807) is 12.4 Å². The van der Waals surface area contributed by atoms with Crippen LogP contribution in [0.15, 0.2) is 36.8 Å². The zero-order valence-electron chi connectivity index (χ0n) is 15.6. The fourth-order valence-electron chi connectivity index (χ4n) is 3.24. The van der Waals surface area contributed by atoms with E-state index in [0.29, 0.717) is 23.6 Å². The van der Waals surface area contributed by atoms with Crippen molar-refractivity contribution in [3.63, 3.8) is 0 Å². The molecule has 4 rings (SSSR count). The molecule has 29 heavy (non-hydrogen) atoms.